The molecule has 4 heterocycles. The first-order valence-corrected chi connectivity index (χ1v) is 9.16. The first-order valence-electron chi connectivity index (χ1n) is 9.16. The molecule has 0 bridgehead atoms. The Morgan fingerprint density at radius 1 is 1.24 bits per heavy atom. The largest absolute Gasteiger partial charge is 0.381 e. The van der Waals surface area contributed by atoms with E-state index in [1.807, 2.05) is 0 Å². The minimum absolute atomic E-state index is 0.126. The van der Waals surface area contributed by atoms with E-state index in [1.165, 1.54) is 0 Å². The molecule has 1 N–H and O–H groups in total. The molecule has 8 nitrogen and oxygen atoms in total. The van der Waals surface area contributed by atoms with Gasteiger partial charge in [0.05, 0.1) is 11.1 Å². The zero-order valence-electron chi connectivity index (χ0n) is 14.7. The van der Waals surface area contributed by atoms with Crippen LogP contribution in [0.1, 0.15) is 48.3 Å². The number of hydrogen-bond acceptors (Lipinski definition) is 5. The van der Waals surface area contributed by atoms with Gasteiger partial charge < -0.3 is 14.5 Å². The summed E-state index contributed by atoms with van der Waals surface area (Å²) < 4.78 is 5.44. The number of aromatic amines is 1. The van der Waals surface area contributed by atoms with Gasteiger partial charge in [-0.3, -0.25) is 9.59 Å². The molecule has 1 aromatic heterocycles. The van der Waals surface area contributed by atoms with Crippen LogP contribution in [0, 0.1) is 12.3 Å². The zero-order chi connectivity index (χ0) is 17.4. The summed E-state index contributed by atoms with van der Waals surface area (Å²) in [4.78, 5) is 29.8. The average molecular weight is 347 g/mol. The number of likely N-dealkylation sites (tertiary alicyclic amines) is 2. The van der Waals surface area contributed by atoms with Crippen molar-refractivity contribution in [3.63, 3.8) is 0 Å². The summed E-state index contributed by atoms with van der Waals surface area (Å²) in [5.41, 5.74) is 0.551. The number of aryl methyl sites for hydroxylation is 1. The van der Waals surface area contributed by atoms with Crippen LogP contribution in [0.15, 0.2) is 0 Å². The lowest BCUT2D eigenvalue weighted by molar-refractivity contribution is -0.150. The van der Waals surface area contributed by atoms with Crippen LogP contribution in [0.5, 0.6) is 0 Å². The third kappa shape index (κ3) is 2.82. The van der Waals surface area contributed by atoms with Crippen LogP contribution in [0.3, 0.4) is 0 Å². The first-order chi connectivity index (χ1) is 12.1. The SMILES string of the molecule is Cc1n[nH]nc1C(=O)N1CCC2(CCCN(C3CCOCC3)C2=O)C1. The van der Waals surface area contributed by atoms with Gasteiger partial charge in [-0.1, -0.05) is 0 Å². The van der Waals surface area contributed by atoms with E-state index in [1.54, 1.807) is 11.8 Å². The zero-order valence-corrected chi connectivity index (χ0v) is 14.7. The maximum absolute atomic E-state index is 13.3. The topological polar surface area (TPSA) is 91.4 Å². The Bertz CT molecular complexity index is 669. The Morgan fingerprint density at radius 3 is 2.76 bits per heavy atom. The van der Waals surface area contributed by atoms with Crippen molar-refractivity contribution in [2.24, 2.45) is 5.41 Å². The molecule has 3 aliphatic heterocycles. The van der Waals surface area contributed by atoms with Gasteiger partial charge in [0.2, 0.25) is 5.91 Å². The first kappa shape index (κ1) is 16.5. The summed E-state index contributed by atoms with van der Waals surface area (Å²) in [5, 5.41) is 10.4. The van der Waals surface area contributed by atoms with Gasteiger partial charge in [-0.05, 0) is 39.0 Å². The second kappa shape index (κ2) is 6.40. The molecule has 3 aliphatic rings. The fraction of sp³-hybridized carbons (Fsp3) is 0.765. The lowest BCUT2D eigenvalue weighted by Gasteiger charge is -2.44. The van der Waals surface area contributed by atoms with E-state index in [0.29, 0.717) is 30.5 Å². The summed E-state index contributed by atoms with van der Waals surface area (Å²) in [6, 6.07) is 0.293. The standard InChI is InChI=1S/C17H25N5O3/c1-12-14(19-20-18-12)15(23)21-8-6-17(11-21)5-2-7-22(16(17)24)13-3-9-25-10-4-13/h13H,2-11H2,1H3,(H,18,19,20). The number of aromatic nitrogens is 3. The molecule has 0 saturated carbocycles. The number of amides is 2. The van der Waals surface area contributed by atoms with Crippen LogP contribution in [-0.4, -0.2) is 75.9 Å². The lowest BCUT2D eigenvalue weighted by Crippen LogP contribution is -2.55. The third-order valence-electron chi connectivity index (χ3n) is 5.97. The van der Waals surface area contributed by atoms with Crippen LogP contribution in [0.4, 0.5) is 0 Å². The van der Waals surface area contributed by atoms with Crippen LogP contribution < -0.4 is 0 Å². The van der Waals surface area contributed by atoms with Crippen molar-refractivity contribution in [1.82, 2.24) is 25.2 Å². The summed E-state index contributed by atoms with van der Waals surface area (Å²) >= 11 is 0. The smallest absolute Gasteiger partial charge is 0.276 e. The fourth-order valence-corrected chi connectivity index (χ4v) is 4.51. The molecule has 136 valence electrons. The quantitative estimate of drug-likeness (QED) is 0.852. The maximum Gasteiger partial charge on any atom is 0.276 e. The molecular weight excluding hydrogens is 322 g/mol. The van der Waals surface area contributed by atoms with Gasteiger partial charge in [0.15, 0.2) is 5.69 Å². The minimum atomic E-state index is -0.413. The molecule has 0 aromatic carbocycles. The highest BCUT2D eigenvalue weighted by Gasteiger charge is 2.50. The van der Waals surface area contributed by atoms with Gasteiger partial charge >= 0.3 is 0 Å². The predicted molar refractivity (Wildman–Crippen MR) is 88.9 cm³/mol. The Morgan fingerprint density at radius 2 is 2.04 bits per heavy atom. The maximum atomic E-state index is 13.3. The highest BCUT2D eigenvalue weighted by Crippen LogP contribution is 2.41. The molecule has 1 spiro atoms. The Hall–Kier alpha value is -1.96. The van der Waals surface area contributed by atoms with Crippen molar-refractivity contribution >= 4 is 11.8 Å². The van der Waals surface area contributed by atoms with E-state index in [4.69, 9.17) is 4.74 Å². The van der Waals surface area contributed by atoms with Crippen LogP contribution in [0.25, 0.3) is 0 Å². The van der Waals surface area contributed by atoms with Gasteiger partial charge in [-0.15, -0.1) is 0 Å². The highest BCUT2D eigenvalue weighted by molar-refractivity contribution is 5.94. The van der Waals surface area contributed by atoms with E-state index in [2.05, 4.69) is 20.3 Å². The second-order valence-corrected chi connectivity index (χ2v) is 7.46. The molecule has 3 saturated heterocycles. The number of hydrogen-bond donors (Lipinski definition) is 1. The number of carbonyl (C=O) groups excluding carboxylic acids is 2. The number of piperidine rings is 1. The number of carbonyl (C=O) groups is 2. The van der Waals surface area contributed by atoms with Gasteiger partial charge in [-0.2, -0.15) is 15.4 Å². The molecule has 25 heavy (non-hydrogen) atoms. The van der Waals surface area contributed by atoms with Crippen LogP contribution >= 0.6 is 0 Å². The molecule has 8 heteroatoms. The summed E-state index contributed by atoms with van der Waals surface area (Å²) in [6.07, 6.45) is 4.46. The van der Waals surface area contributed by atoms with Gasteiger partial charge in [0.1, 0.15) is 0 Å². The molecular formula is C17H25N5O3. The number of ether oxygens (including phenoxy) is 1. The Labute approximate surface area is 146 Å². The molecule has 3 fully saturated rings. The van der Waals surface area contributed by atoms with E-state index >= 15 is 0 Å². The number of H-pyrrole nitrogens is 1. The molecule has 0 radical (unpaired) electrons. The van der Waals surface area contributed by atoms with E-state index in [-0.39, 0.29) is 11.8 Å². The normalized spacial score (nSPS) is 28.1. The van der Waals surface area contributed by atoms with Crippen molar-refractivity contribution < 1.29 is 14.3 Å². The van der Waals surface area contributed by atoms with Crippen molar-refractivity contribution in [2.75, 3.05) is 32.8 Å². The lowest BCUT2D eigenvalue weighted by atomic mass is 9.77. The van der Waals surface area contributed by atoms with Crippen LogP contribution in [-0.2, 0) is 9.53 Å². The number of rotatable bonds is 2. The monoisotopic (exact) mass is 347 g/mol. The van der Waals surface area contributed by atoms with Gasteiger partial charge in [0, 0.05) is 38.9 Å². The van der Waals surface area contributed by atoms with Crippen LogP contribution in [0.2, 0.25) is 0 Å². The Kier molecular flexibility index (Phi) is 4.23. The average Bonchev–Trinajstić information content (AvgIpc) is 3.25. The summed E-state index contributed by atoms with van der Waals surface area (Å²) in [5.74, 6) is 0.108. The number of nitrogens with one attached hydrogen (secondary N) is 1. The highest BCUT2D eigenvalue weighted by atomic mass is 16.5. The molecule has 2 amide bonds. The minimum Gasteiger partial charge on any atom is -0.381 e. The van der Waals surface area contributed by atoms with Crippen molar-refractivity contribution in [1.29, 1.82) is 0 Å². The molecule has 1 atom stereocenters. The molecule has 1 aromatic rings. The number of nitrogens with zero attached hydrogens (tertiary/aromatic N) is 4. The predicted octanol–water partition coefficient (Wildman–Crippen LogP) is 0.747. The Balaban J connectivity index is 1.49. The summed E-state index contributed by atoms with van der Waals surface area (Å²) in [6.45, 7) is 5.17. The summed E-state index contributed by atoms with van der Waals surface area (Å²) in [7, 11) is 0. The van der Waals surface area contributed by atoms with Crippen molar-refractivity contribution in [2.45, 2.75) is 45.1 Å². The molecule has 4 rings (SSSR count). The third-order valence-corrected chi connectivity index (χ3v) is 5.97. The second-order valence-electron chi connectivity index (χ2n) is 7.46. The van der Waals surface area contributed by atoms with Crippen molar-refractivity contribution in [3.8, 4) is 0 Å². The van der Waals surface area contributed by atoms with Gasteiger partial charge in [-0.25, -0.2) is 0 Å². The van der Waals surface area contributed by atoms with E-state index in [9.17, 15) is 9.59 Å². The fourth-order valence-electron chi connectivity index (χ4n) is 4.51. The van der Waals surface area contributed by atoms with Crippen molar-refractivity contribution in [3.05, 3.63) is 11.4 Å². The molecule has 1 unspecified atom stereocenters. The van der Waals surface area contributed by atoms with E-state index < -0.39 is 5.41 Å². The van der Waals surface area contributed by atoms with Gasteiger partial charge in [0.25, 0.3) is 5.91 Å². The molecule has 0 aliphatic carbocycles. The van der Waals surface area contributed by atoms with E-state index in [0.717, 1.165) is 51.9 Å².